The number of fused-ring (bicyclic) bond motifs is 2. The topological polar surface area (TPSA) is 66.9 Å². The molecule has 0 unspecified atom stereocenters. The van der Waals surface area contributed by atoms with Crippen molar-refractivity contribution in [3.05, 3.63) is 64.6 Å². The van der Waals surface area contributed by atoms with E-state index in [1.807, 2.05) is 30.3 Å². The number of nitrogens with one attached hydrogen (secondary N) is 1. The molecule has 0 saturated heterocycles. The minimum atomic E-state index is -0.205. The number of quaternary nitrogens is 1. The number of aryl methyl sites for hydroxylation is 1. The van der Waals surface area contributed by atoms with Gasteiger partial charge in [0, 0.05) is 17.0 Å². The molecule has 144 valence electrons. The number of Topliss-reactive ketones (excluding diaryl/α,β-unsaturated/α-hetero) is 1. The van der Waals surface area contributed by atoms with Crippen LogP contribution in [0.1, 0.15) is 41.1 Å². The lowest BCUT2D eigenvalue weighted by Gasteiger charge is -2.22. The van der Waals surface area contributed by atoms with Crippen molar-refractivity contribution in [2.75, 3.05) is 13.1 Å². The molecule has 0 atom stereocenters. The van der Waals surface area contributed by atoms with Crippen LogP contribution in [0.25, 0.3) is 17.0 Å². The number of para-hydroxylation sites is 1. The van der Waals surface area contributed by atoms with Gasteiger partial charge in [-0.25, -0.2) is 0 Å². The van der Waals surface area contributed by atoms with Crippen LogP contribution in [0.15, 0.2) is 46.6 Å². The maximum absolute atomic E-state index is 13.0. The molecule has 1 aromatic heterocycles. The largest absolute Gasteiger partial charge is 0.872 e. The molecule has 3 aromatic rings. The number of rotatable bonds is 5. The van der Waals surface area contributed by atoms with E-state index in [1.165, 1.54) is 4.90 Å². The first-order chi connectivity index (χ1) is 13.5. The fourth-order valence-electron chi connectivity index (χ4n) is 3.69. The second-order valence-corrected chi connectivity index (χ2v) is 7.13. The van der Waals surface area contributed by atoms with E-state index in [4.69, 9.17) is 9.15 Å². The molecule has 1 N–H and O–H groups in total. The monoisotopic (exact) mass is 377 g/mol. The fourth-order valence-corrected chi connectivity index (χ4v) is 3.69. The summed E-state index contributed by atoms with van der Waals surface area (Å²) in [6.45, 7) is 8.27. The predicted molar refractivity (Wildman–Crippen MR) is 106 cm³/mol. The molecule has 0 amide bonds. The van der Waals surface area contributed by atoms with Gasteiger partial charge in [0.25, 0.3) is 0 Å². The van der Waals surface area contributed by atoms with Crippen molar-refractivity contribution < 1.29 is 24.0 Å². The van der Waals surface area contributed by atoms with Crippen LogP contribution in [0, 0.1) is 6.92 Å². The third-order valence-corrected chi connectivity index (χ3v) is 5.35. The first-order valence-electron chi connectivity index (χ1n) is 9.61. The van der Waals surface area contributed by atoms with Crippen molar-refractivity contribution in [3.8, 4) is 11.5 Å². The van der Waals surface area contributed by atoms with Gasteiger partial charge < -0.3 is 19.2 Å². The molecule has 5 heteroatoms. The van der Waals surface area contributed by atoms with Gasteiger partial charge in [-0.3, -0.25) is 4.79 Å². The molecule has 28 heavy (non-hydrogen) atoms. The normalized spacial score (nSPS) is 14.9. The number of benzene rings is 2. The number of carbonyl (C=O) groups is 1. The second-order valence-electron chi connectivity index (χ2n) is 7.13. The maximum Gasteiger partial charge on any atom is 0.232 e. The summed E-state index contributed by atoms with van der Waals surface area (Å²) in [5.74, 6) is 0.876. The summed E-state index contributed by atoms with van der Waals surface area (Å²) in [6.07, 6.45) is 1.61. The molecule has 0 spiro atoms. The Kier molecular flexibility index (Phi) is 4.69. The molecular formula is C23H23NO4. The van der Waals surface area contributed by atoms with Crippen LogP contribution < -0.4 is 14.7 Å². The summed E-state index contributed by atoms with van der Waals surface area (Å²) >= 11 is 0. The summed E-state index contributed by atoms with van der Waals surface area (Å²) in [6, 6.07) is 11.1. The van der Waals surface area contributed by atoms with E-state index < -0.39 is 0 Å². The molecule has 1 aliphatic rings. The Bertz CT molecular complexity index is 1060. The summed E-state index contributed by atoms with van der Waals surface area (Å²) in [5.41, 5.74) is 2.46. The van der Waals surface area contributed by atoms with Crippen molar-refractivity contribution >= 4 is 22.8 Å². The average molecular weight is 377 g/mol. The van der Waals surface area contributed by atoms with E-state index in [9.17, 15) is 9.90 Å². The van der Waals surface area contributed by atoms with E-state index in [2.05, 4.69) is 13.8 Å². The van der Waals surface area contributed by atoms with Crippen LogP contribution >= 0.6 is 0 Å². The molecule has 0 fully saturated rings. The molecular weight excluding hydrogens is 354 g/mol. The highest BCUT2D eigenvalue weighted by atomic mass is 16.5. The Morgan fingerprint density at radius 3 is 2.61 bits per heavy atom. The van der Waals surface area contributed by atoms with E-state index >= 15 is 0 Å². The Labute approximate surface area is 163 Å². The lowest BCUT2D eigenvalue weighted by atomic mass is 9.99. The van der Waals surface area contributed by atoms with Crippen molar-refractivity contribution in [1.82, 2.24) is 0 Å². The molecule has 0 radical (unpaired) electrons. The highest BCUT2D eigenvalue weighted by Crippen LogP contribution is 2.40. The first-order valence-corrected chi connectivity index (χ1v) is 9.61. The summed E-state index contributed by atoms with van der Waals surface area (Å²) in [7, 11) is 0. The van der Waals surface area contributed by atoms with Crippen LogP contribution in [0.5, 0.6) is 11.5 Å². The number of carbonyl (C=O) groups excluding carboxylic acids is 1. The summed E-state index contributed by atoms with van der Waals surface area (Å²) in [5, 5.41) is 13.6. The van der Waals surface area contributed by atoms with Crippen LogP contribution in [-0.2, 0) is 6.54 Å². The maximum atomic E-state index is 13.0. The number of ketones is 1. The van der Waals surface area contributed by atoms with Gasteiger partial charge in [0.2, 0.25) is 5.78 Å². The van der Waals surface area contributed by atoms with E-state index in [0.717, 1.165) is 24.1 Å². The highest BCUT2D eigenvalue weighted by Gasteiger charge is 2.33. The number of ether oxygens (including phenoxy) is 1. The number of hydrogen-bond donors (Lipinski definition) is 1. The third-order valence-electron chi connectivity index (χ3n) is 5.35. The minimum absolute atomic E-state index is 0.0755. The van der Waals surface area contributed by atoms with Gasteiger partial charge >= 0.3 is 0 Å². The number of allylic oxidation sites excluding steroid dienone is 1. The quantitative estimate of drug-likeness (QED) is 0.695. The molecule has 4 rings (SSSR count). The second kappa shape index (κ2) is 7.17. The van der Waals surface area contributed by atoms with E-state index in [0.29, 0.717) is 34.7 Å². The molecule has 2 heterocycles. The Balaban J connectivity index is 1.75. The Morgan fingerprint density at radius 1 is 1.14 bits per heavy atom. The van der Waals surface area contributed by atoms with E-state index in [-0.39, 0.29) is 17.3 Å². The van der Waals surface area contributed by atoms with Gasteiger partial charge in [0.15, 0.2) is 5.76 Å². The van der Waals surface area contributed by atoms with Crippen molar-refractivity contribution in [1.29, 1.82) is 0 Å². The van der Waals surface area contributed by atoms with Gasteiger partial charge in [0.1, 0.15) is 23.6 Å². The highest BCUT2D eigenvalue weighted by molar-refractivity contribution is 6.15. The fraction of sp³-hybridized carbons (Fsp3) is 0.261. The van der Waals surface area contributed by atoms with E-state index in [1.54, 1.807) is 19.1 Å². The van der Waals surface area contributed by atoms with Crippen molar-refractivity contribution in [2.24, 2.45) is 0 Å². The molecule has 5 nitrogen and oxygen atoms in total. The zero-order valence-electron chi connectivity index (χ0n) is 16.3. The molecule has 0 aliphatic carbocycles. The lowest BCUT2D eigenvalue weighted by Crippen LogP contribution is -3.10. The zero-order valence-corrected chi connectivity index (χ0v) is 16.3. The smallest absolute Gasteiger partial charge is 0.232 e. The lowest BCUT2D eigenvalue weighted by molar-refractivity contribution is -0.910. The number of hydrogen-bond acceptors (Lipinski definition) is 4. The zero-order chi connectivity index (χ0) is 19.8. The van der Waals surface area contributed by atoms with Crippen LogP contribution in [-0.4, -0.2) is 18.9 Å². The SMILES string of the molecule is CC[NH+](CC)Cc1c([O-])cc(C)c2c1O/C(=C\c1cc3ccccc3o1)C2=O. The van der Waals surface area contributed by atoms with Gasteiger partial charge in [-0.15, -0.1) is 0 Å². The van der Waals surface area contributed by atoms with Crippen molar-refractivity contribution in [2.45, 2.75) is 27.3 Å². The van der Waals surface area contributed by atoms with Crippen LogP contribution in [0.2, 0.25) is 0 Å². The van der Waals surface area contributed by atoms with Crippen molar-refractivity contribution in [3.63, 3.8) is 0 Å². The molecule has 0 saturated carbocycles. The summed E-state index contributed by atoms with van der Waals surface area (Å²) in [4.78, 5) is 14.2. The Morgan fingerprint density at radius 2 is 1.89 bits per heavy atom. The van der Waals surface area contributed by atoms with Gasteiger partial charge in [-0.05, 0) is 38.5 Å². The predicted octanol–water partition coefficient (Wildman–Crippen LogP) is 2.86. The van der Waals surface area contributed by atoms with Crippen LogP contribution in [0.3, 0.4) is 0 Å². The minimum Gasteiger partial charge on any atom is -0.872 e. The van der Waals surface area contributed by atoms with Gasteiger partial charge in [-0.1, -0.05) is 30.0 Å². The average Bonchev–Trinajstić information content (AvgIpc) is 3.23. The van der Waals surface area contributed by atoms with Gasteiger partial charge in [0.05, 0.1) is 18.7 Å². The summed E-state index contributed by atoms with van der Waals surface area (Å²) < 4.78 is 11.7. The standard InChI is InChI=1S/C23H23NO4/c1-4-24(5-2)13-17-18(25)10-14(3)21-22(26)20(28-23(17)21)12-16-11-15-8-6-7-9-19(15)27-16/h6-12,25H,4-5,13H2,1-3H3/b20-12-. The van der Waals surface area contributed by atoms with Crippen LogP contribution in [0.4, 0.5) is 0 Å². The third kappa shape index (κ3) is 3.08. The van der Waals surface area contributed by atoms with Gasteiger partial charge in [-0.2, -0.15) is 0 Å². The number of furan rings is 1. The first kappa shape index (κ1) is 18.3. The Hall–Kier alpha value is -3.05. The molecule has 2 aromatic carbocycles. The molecule has 1 aliphatic heterocycles. The molecule has 0 bridgehead atoms.